The zero-order chi connectivity index (χ0) is 13.4. The van der Waals surface area contributed by atoms with Gasteiger partial charge in [0.1, 0.15) is 0 Å². The smallest absolute Gasteiger partial charge is 0.408 e. The van der Waals surface area contributed by atoms with Crippen molar-refractivity contribution in [3.8, 4) is 0 Å². The Balaban J connectivity index is 1.89. The fourth-order valence-electron chi connectivity index (χ4n) is 2.61. The van der Waals surface area contributed by atoms with Crippen LogP contribution in [0.5, 0.6) is 0 Å². The van der Waals surface area contributed by atoms with Gasteiger partial charge in [-0.15, -0.1) is 0 Å². The summed E-state index contributed by atoms with van der Waals surface area (Å²) < 4.78 is 6.45. The van der Waals surface area contributed by atoms with Crippen LogP contribution in [0.1, 0.15) is 36.0 Å². The van der Waals surface area contributed by atoms with Gasteiger partial charge < -0.3 is 9.73 Å². The molecule has 0 unspecified atom stereocenters. The normalized spacial score (nSPS) is 16.1. The highest BCUT2D eigenvalue weighted by Gasteiger charge is 2.18. The van der Waals surface area contributed by atoms with E-state index >= 15 is 0 Å². The van der Waals surface area contributed by atoms with E-state index in [1.165, 1.54) is 17.4 Å². The van der Waals surface area contributed by atoms with Crippen LogP contribution in [0.4, 0.5) is 0 Å². The molecule has 0 spiro atoms. The van der Waals surface area contributed by atoms with E-state index in [9.17, 15) is 9.59 Å². The van der Waals surface area contributed by atoms with Crippen molar-refractivity contribution < 1.29 is 9.21 Å². The van der Waals surface area contributed by atoms with E-state index in [0.29, 0.717) is 16.7 Å². The molecular formula is C14H16N2O3. The number of nitrogens with one attached hydrogen (secondary N) is 1. The summed E-state index contributed by atoms with van der Waals surface area (Å²) in [5.41, 5.74) is 1.71. The predicted molar refractivity (Wildman–Crippen MR) is 71.2 cm³/mol. The summed E-state index contributed by atoms with van der Waals surface area (Å²) in [6, 6.07) is 5.34. The second-order valence-corrected chi connectivity index (χ2v) is 5.06. The molecule has 100 valence electrons. The van der Waals surface area contributed by atoms with Crippen LogP contribution >= 0.6 is 0 Å². The number of hydrogen-bond donors (Lipinski definition) is 1. The highest BCUT2D eigenvalue weighted by Crippen LogP contribution is 2.19. The minimum absolute atomic E-state index is 0.0811. The molecule has 3 rings (SSSR count). The number of amides is 1. The van der Waals surface area contributed by atoms with E-state index in [1.54, 1.807) is 25.2 Å². The first kappa shape index (κ1) is 12.0. The number of oxazole rings is 1. The Kier molecular flexibility index (Phi) is 2.89. The topological polar surface area (TPSA) is 64.2 Å². The molecule has 0 atom stereocenters. The number of benzene rings is 1. The maximum absolute atomic E-state index is 12.1. The molecule has 5 nitrogen and oxygen atoms in total. The average Bonchev–Trinajstić information content (AvgIpc) is 2.99. The number of aromatic nitrogens is 1. The molecular weight excluding hydrogens is 244 g/mol. The third-order valence-electron chi connectivity index (χ3n) is 3.74. The first-order chi connectivity index (χ1) is 9.15. The van der Waals surface area contributed by atoms with Crippen LogP contribution in [0.3, 0.4) is 0 Å². The number of nitrogens with zero attached hydrogens (tertiary/aromatic N) is 1. The Morgan fingerprint density at radius 3 is 2.84 bits per heavy atom. The summed E-state index contributed by atoms with van der Waals surface area (Å²) in [7, 11) is 1.63. The lowest BCUT2D eigenvalue weighted by molar-refractivity contribution is 0.0938. The Labute approximate surface area is 110 Å². The lowest BCUT2D eigenvalue weighted by Gasteiger charge is -2.11. The number of fused-ring (bicyclic) bond motifs is 1. The van der Waals surface area contributed by atoms with Gasteiger partial charge in [-0.05, 0) is 31.0 Å². The number of carbonyl (C=O) groups is 1. The van der Waals surface area contributed by atoms with Crippen LogP contribution in [0.15, 0.2) is 27.4 Å². The van der Waals surface area contributed by atoms with Gasteiger partial charge in [0.25, 0.3) is 5.91 Å². The molecule has 0 radical (unpaired) electrons. The second kappa shape index (κ2) is 4.57. The van der Waals surface area contributed by atoms with Crippen molar-refractivity contribution in [1.29, 1.82) is 0 Å². The van der Waals surface area contributed by atoms with Crippen LogP contribution in [0, 0.1) is 0 Å². The number of aryl methyl sites for hydroxylation is 1. The molecule has 1 amide bonds. The first-order valence-electron chi connectivity index (χ1n) is 6.55. The van der Waals surface area contributed by atoms with E-state index < -0.39 is 5.76 Å². The van der Waals surface area contributed by atoms with Crippen LogP contribution < -0.4 is 11.1 Å². The van der Waals surface area contributed by atoms with E-state index in [1.807, 2.05) is 0 Å². The van der Waals surface area contributed by atoms with Gasteiger partial charge in [0, 0.05) is 18.7 Å². The minimum atomic E-state index is -0.414. The summed E-state index contributed by atoms with van der Waals surface area (Å²) in [4.78, 5) is 23.5. The molecule has 1 aliphatic carbocycles. The molecule has 1 saturated carbocycles. The Morgan fingerprint density at radius 2 is 2.11 bits per heavy atom. The van der Waals surface area contributed by atoms with Crippen LogP contribution in [-0.2, 0) is 7.05 Å². The quantitative estimate of drug-likeness (QED) is 0.895. The highest BCUT2D eigenvalue weighted by atomic mass is 16.4. The molecule has 5 heteroatoms. The minimum Gasteiger partial charge on any atom is -0.408 e. The van der Waals surface area contributed by atoms with Crippen LogP contribution in [0.2, 0.25) is 0 Å². The zero-order valence-corrected chi connectivity index (χ0v) is 10.8. The lowest BCUT2D eigenvalue weighted by Crippen LogP contribution is -2.32. The van der Waals surface area contributed by atoms with Gasteiger partial charge in [0.05, 0.1) is 5.52 Å². The van der Waals surface area contributed by atoms with Crippen molar-refractivity contribution in [2.24, 2.45) is 7.05 Å². The highest BCUT2D eigenvalue weighted by molar-refractivity contribution is 5.97. The Bertz CT molecular complexity index is 678. The van der Waals surface area contributed by atoms with Crippen LogP contribution in [0.25, 0.3) is 11.1 Å². The van der Waals surface area contributed by atoms with Gasteiger partial charge in [-0.1, -0.05) is 12.8 Å². The molecule has 1 aromatic heterocycles. The molecule has 1 aliphatic rings. The van der Waals surface area contributed by atoms with Gasteiger partial charge in [0.15, 0.2) is 5.58 Å². The van der Waals surface area contributed by atoms with E-state index in [2.05, 4.69) is 5.32 Å². The van der Waals surface area contributed by atoms with Gasteiger partial charge in [-0.3, -0.25) is 9.36 Å². The van der Waals surface area contributed by atoms with Crippen molar-refractivity contribution in [3.05, 3.63) is 34.3 Å². The standard InChI is InChI=1S/C14H16N2O3/c1-16-11-8-9(6-7-12(11)19-14(16)18)13(17)15-10-4-2-3-5-10/h6-8,10H,2-5H2,1H3,(H,15,17). The second-order valence-electron chi connectivity index (χ2n) is 5.06. The van der Waals surface area contributed by atoms with Crippen molar-refractivity contribution in [2.45, 2.75) is 31.7 Å². The maximum Gasteiger partial charge on any atom is 0.419 e. The molecule has 1 fully saturated rings. The Morgan fingerprint density at radius 1 is 1.37 bits per heavy atom. The zero-order valence-electron chi connectivity index (χ0n) is 10.8. The van der Waals surface area contributed by atoms with Gasteiger partial charge in [0.2, 0.25) is 0 Å². The summed E-state index contributed by atoms with van der Waals surface area (Å²) in [6.07, 6.45) is 4.47. The lowest BCUT2D eigenvalue weighted by atomic mass is 10.1. The SMILES string of the molecule is Cn1c(=O)oc2ccc(C(=O)NC3CCCC3)cc21. The maximum atomic E-state index is 12.1. The van der Waals surface area contributed by atoms with Crippen LogP contribution in [-0.4, -0.2) is 16.5 Å². The Hall–Kier alpha value is -2.04. The third-order valence-corrected chi connectivity index (χ3v) is 3.74. The van der Waals surface area contributed by atoms with E-state index in [4.69, 9.17) is 4.42 Å². The fraction of sp³-hybridized carbons (Fsp3) is 0.429. The molecule has 0 aliphatic heterocycles. The van der Waals surface area contributed by atoms with Crippen molar-refractivity contribution in [3.63, 3.8) is 0 Å². The monoisotopic (exact) mass is 260 g/mol. The van der Waals surface area contributed by atoms with E-state index in [0.717, 1.165) is 12.8 Å². The van der Waals surface area contributed by atoms with Crippen molar-refractivity contribution >= 4 is 17.0 Å². The van der Waals surface area contributed by atoms with Crippen molar-refractivity contribution in [1.82, 2.24) is 9.88 Å². The molecule has 0 saturated heterocycles. The average molecular weight is 260 g/mol. The van der Waals surface area contributed by atoms with Gasteiger partial charge in [-0.2, -0.15) is 0 Å². The van der Waals surface area contributed by atoms with Crippen molar-refractivity contribution in [2.75, 3.05) is 0 Å². The third kappa shape index (κ3) is 2.16. The molecule has 0 bridgehead atoms. The number of hydrogen-bond acceptors (Lipinski definition) is 3. The first-order valence-corrected chi connectivity index (χ1v) is 6.55. The number of carbonyl (C=O) groups excluding carboxylic acids is 1. The fourth-order valence-corrected chi connectivity index (χ4v) is 2.61. The number of rotatable bonds is 2. The largest absolute Gasteiger partial charge is 0.419 e. The summed E-state index contributed by atoms with van der Waals surface area (Å²) in [6.45, 7) is 0. The summed E-state index contributed by atoms with van der Waals surface area (Å²) in [5.74, 6) is -0.495. The predicted octanol–water partition coefficient (Wildman–Crippen LogP) is 1.80. The molecule has 1 heterocycles. The van der Waals surface area contributed by atoms with E-state index in [-0.39, 0.29) is 11.9 Å². The summed E-state index contributed by atoms with van der Waals surface area (Å²) >= 11 is 0. The van der Waals surface area contributed by atoms with Gasteiger partial charge in [-0.25, -0.2) is 4.79 Å². The molecule has 19 heavy (non-hydrogen) atoms. The molecule has 1 aromatic carbocycles. The molecule has 1 N–H and O–H groups in total. The summed E-state index contributed by atoms with van der Waals surface area (Å²) in [5, 5.41) is 3.03. The molecule has 2 aromatic rings. The van der Waals surface area contributed by atoms with Gasteiger partial charge >= 0.3 is 5.76 Å².